The second kappa shape index (κ2) is 10.4. The molecule has 172 valence electrons. The van der Waals surface area contributed by atoms with E-state index in [4.69, 9.17) is 16.3 Å². The van der Waals surface area contributed by atoms with Gasteiger partial charge in [0, 0.05) is 49.9 Å². The Labute approximate surface area is 198 Å². The number of piperazine rings is 1. The lowest BCUT2D eigenvalue weighted by atomic mass is 10.2. The van der Waals surface area contributed by atoms with Crippen LogP contribution in [0, 0.1) is 25.2 Å². The van der Waals surface area contributed by atoms with Gasteiger partial charge >= 0.3 is 0 Å². The highest BCUT2D eigenvalue weighted by atomic mass is 35.5. The first-order valence-electron chi connectivity index (χ1n) is 11.1. The van der Waals surface area contributed by atoms with Crippen molar-refractivity contribution in [1.82, 2.24) is 14.4 Å². The molecule has 0 aliphatic carbocycles. The minimum Gasteiger partial charge on any atom is -0.376 e. The summed E-state index contributed by atoms with van der Waals surface area (Å²) < 4.78 is 8.66. The van der Waals surface area contributed by atoms with E-state index >= 15 is 0 Å². The summed E-state index contributed by atoms with van der Waals surface area (Å²) >= 11 is 7.66. The van der Waals surface area contributed by atoms with E-state index in [1.165, 1.54) is 4.88 Å². The van der Waals surface area contributed by atoms with Crippen LogP contribution in [0.15, 0.2) is 12.1 Å². The number of nitrogens with zero attached hydrogens (tertiary/aromatic N) is 4. The maximum absolute atomic E-state index is 12.9. The van der Waals surface area contributed by atoms with E-state index in [9.17, 15) is 10.1 Å². The third-order valence-corrected chi connectivity index (χ3v) is 7.67. The summed E-state index contributed by atoms with van der Waals surface area (Å²) in [6.45, 7) is 10.1. The third kappa shape index (κ3) is 5.36. The summed E-state index contributed by atoms with van der Waals surface area (Å²) in [6, 6.07) is 6.30. The fourth-order valence-electron chi connectivity index (χ4n) is 4.49. The lowest BCUT2D eigenvalue weighted by Crippen LogP contribution is -2.48. The van der Waals surface area contributed by atoms with Crippen molar-refractivity contribution in [3.63, 3.8) is 0 Å². The smallest absolute Gasteiger partial charge is 0.239 e. The topological polar surface area (TPSA) is 73.5 Å². The molecule has 2 aliphatic rings. The van der Waals surface area contributed by atoms with Crippen molar-refractivity contribution < 1.29 is 9.53 Å². The number of anilines is 1. The number of carbonyl (C=O) groups is 1. The van der Waals surface area contributed by atoms with E-state index in [-0.39, 0.29) is 12.0 Å². The molecular weight excluding hydrogens is 446 g/mol. The number of nitrogens with one attached hydrogen (secondary N) is 1. The van der Waals surface area contributed by atoms with Crippen LogP contribution in [-0.2, 0) is 22.6 Å². The molecule has 2 aliphatic heterocycles. The number of ether oxygens (including phenoxy) is 1. The highest BCUT2D eigenvalue weighted by molar-refractivity contribution is 7.16. The van der Waals surface area contributed by atoms with Gasteiger partial charge in [-0.1, -0.05) is 11.6 Å². The molecule has 0 radical (unpaired) electrons. The molecule has 0 aromatic carbocycles. The predicted molar refractivity (Wildman–Crippen MR) is 127 cm³/mol. The molecule has 1 atom stereocenters. The number of halogens is 1. The highest BCUT2D eigenvalue weighted by Gasteiger charge is 2.25. The molecule has 7 nitrogen and oxygen atoms in total. The Bertz CT molecular complexity index is 997. The predicted octanol–water partition coefficient (Wildman–Crippen LogP) is 3.63. The van der Waals surface area contributed by atoms with E-state index in [2.05, 4.69) is 27.3 Å². The molecule has 0 saturated carbocycles. The lowest BCUT2D eigenvalue weighted by molar-refractivity contribution is -0.117. The van der Waals surface area contributed by atoms with Crippen LogP contribution in [0.25, 0.3) is 0 Å². The van der Waals surface area contributed by atoms with E-state index in [0.29, 0.717) is 24.5 Å². The number of hydrogen-bond donors (Lipinski definition) is 1. The molecule has 9 heteroatoms. The molecule has 4 rings (SSSR count). The van der Waals surface area contributed by atoms with Crippen LogP contribution in [0.2, 0.25) is 4.34 Å². The van der Waals surface area contributed by atoms with Gasteiger partial charge in [0.25, 0.3) is 0 Å². The number of hydrogen-bond acceptors (Lipinski definition) is 6. The third-order valence-electron chi connectivity index (χ3n) is 6.45. The minimum absolute atomic E-state index is 0.0777. The van der Waals surface area contributed by atoms with E-state index in [1.807, 2.05) is 24.5 Å². The van der Waals surface area contributed by atoms with Gasteiger partial charge in [0.15, 0.2) is 0 Å². The van der Waals surface area contributed by atoms with E-state index < -0.39 is 0 Å². The summed E-state index contributed by atoms with van der Waals surface area (Å²) in [7, 11) is 0. The Morgan fingerprint density at radius 2 is 2.03 bits per heavy atom. The van der Waals surface area contributed by atoms with E-state index in [1.54, 1.807) is 11.3 Å². The summed E-state index contributed by atoms with van der Waals surface area (Å²) in [6.07, 6.45) is 2.20. The first kappa shape index (κ1) is 23.3. The highest BCUT2D eigenvalue weighted by Crippen LogP contribution is 2.28. The van der Waals surface area contributed by atoms with Gasteiger partial charge < -0.3 is 14.6 Å². The van der Waals surface area contributed by atoms with Crippen LogP contribution in [0.4, 0.5) is 5.82 Å². The zero-order valence-corrected chi connectivity index (χ0v) is 20.3. The average molecular weight is 476 g/mol. The lowest BCUT2D eigenvalue weighted by Gasteiger charge is -2.34. The Hall–Kier alpha value is -1.89. The molecule has 0 spiro atoms. The van der Waals surface area contributed by atoms with Gasteiger partial charge in [0.05, 0.1) is 29.1 Å². The van der Waals surface area contributed by atoms with Gasteiger partial charge in [0.1, 0.15) is 11.9 Å². The van der Waals surface area contributed by atoms with Crippen LogP contribution in [0.1, 0.15) is 34.5 Å². The zero-order chi connectivity index (χ0) is 22.7. The molecule has 4 heterocycles. The molecular formula is C23H30ClN5O2S. The largest absolute Gasteiger partial charge is 0.376 e. The van der Waals surface area contributed by atoms with Crippen molar-refractivity contribution in [1.29, 1.82) is 5.26 Å². The summed E-state index contributed by atoms with van der Waals surface area (Å²) in [5.41, 5.74) is 2.48. The van der Waals surface area contributed by atoms with Gasteiger partial charge in [-0.05, 0) is 44.4 Å². The maximum Gasteiger partial charge on any atom is 0.239 e. The molecule has 2 aromatic rings. The summed E-state index contributed by atoms with van der Waals surface area (Å²) in [5.74, 6) is 0.530. The first-order valence-corrected chi connectivity index (χ1v) is 12.3. The van der Waals surface area contributed by atoms with Gasteiger partial charge in [0.2, 0.25) is 5.91 Å². The molecule has 0 bridgehead atoms. The first-order chi connectivity index (χ1) is 15.4. The van der Waals surface area contributed by atoms with Crippen LogP contribution >= 0.6 is 22.9 Å². The van der Waals surface area contributed by atoms with Crippen molar-refractivity contribution in [2.24, 2.45) is 0 Å². The average Bonchev–Trinajstić information content (AvgIpc) is 3.48. The molecule has 32 heavy (non-hydrogen) atoms. The van der Waals surface area contributed by atoms with Crippen LogP contribution in [0.5, 0.6) is 0 Å². The van der Waals surface area contributed by atoms with Gasteiger partial charge in [-0.15, -0.1) is 11.3 Å². The molecule has 1 amide bonds. The normalized spacial score (nSPS) is 19.9. The maximum atomic E-state index is 12.9. The fourth-order valence-corrected chi connectivity index (χ4v) is 5.62. The SMILES string of the molecule is Cc1c(C#N)c(NC(=O)CN2CCN(Cc3ccc(Cl)s3)CC2)n(C[C@@H]2CCCO2)c1C. The van der Waals surface area contributed by atoms with Crippen LogP contribution < -0.4 is 5.32 Å². The number of thiophene rings is 1. The number of carbonyl (C=O) groups excluding carboxylic acids is 1. The molecule has 2 fully saturated rings. The molecule has 2 aromatic heterocycles. The molecule has 2 saturated heterocycles. The Morgan fingerprint density at radius 3 is 2.66 bits per heavy atom. The van der Waals surface area contributed by atoms with Crippen LogP contribution in [0.3, 0.4) is 0 Å². The molecule has 1 N–H and O–H groups in total. The second-order valence-electron chi connectivity index (χ2n) is 8.60. The second-order valence-corrected chi connectivity index (χ2v) is 10.4. The van der Waals surface area contributed by atoms with Gasteiger partial charge in [-0.25, -0.2) is 0 Å². The minimum atomic E-state index is -0.0777. The fraction of sp³-hybridized carbons (Fsp3) is 0.565. The Kier molecular flexibility index (Phi) is 7.54. The monoisotopic (exact) mass is 475 g/mol. The molecule has 0 unspecified atom stereocenters. The van der Waals surface area contributed by atoms with Gasteiger partial charge in [-0.3, -0.25) is 14.6 Å². The number of rotatable bonds is 7. The Morgan fingerprint density at radius 1 is 1.28 bits per heavy atom. The van der Waals surface area contributed by atoms with Gasteiger partial charge in [-0.2, -0.15) is 5.26 Å². The number of aromatic nitrogens is 1. The summed E-state index contributed by atoms with van der Waals surface area (Å²) in [5, 5.41) is 12.8. The zero-order valence-electron chi connectivity index (χ0n) is 18.7. The standard InChI is InChI=1S/C23H30ClN5O2S/c1-16-17(2)29(13-18-4-3-11-31-18)23(20(16)12-25)26-22(30)15-28-9-7-27(8-10-28)14-19-5-6-21(24)32-19/h5-6,18H,3-4,7-11,13-15H2,1-2H3,(H,26,30)/t18-/m0/s1. The van der Waals surface area contributed by atoms with Crippen LogP contribution in [-0.4, -0.2) is 65.7 Å². The quantitative estimate of drug-likeness (QED) is 0.662. The van der Waals surface area contributed by atoms with Crippen molar-refractivity contribution in [3.05, 3.63) is 38.2 Å². The number of amides is 1. The van der Waals surface area contributed by atoms with Crippen molar-refractivity contribution in [2.75, 3.05) is 44.6 Å². The summed E-state index contributed by atoms with van der Waals surface area (Å²) in [4.78, 5) is 18.7. The number of nitriles is 1. The van der Waals surface area contributed by atoms with Crippen molar-refractivity contribution in [2.45, 2.75) is 45.9 Å². The van der Waals surface area contributed by atoms with E-state index in [0.717, 1.165) is 67.8 Å². The Balaban J connectivity index is 1.35. The van der Waals surface area contributed by atoms with Crippen molar-refractivity contribution in [3.8, 4) is 6.07 Å². The van der Waals surface area contributed by atoms with Crippen molar-refractivity contribution >= 4 is 34.7 Å².